The molecule has 1 aliphatic rings. The Kier molecular flexibility index (Phi) is 5.93. The summed E-state index contributed by atoms with van der Waals surface area (Å²) in [6.07, 6.45) is 0. The molecule has 0 aromatic heterocycles. The number of hydrogen-bond acceptors (Lipinski definition) is 4. The minimum absolute atomic E-state index is 0.155. The Labute approximate surface area is 163 Å². The molecule has 28 heavy (non-hydrogen) atoms. The lowest BCUT2D eigenvalue weighted by molar-refractivity contribution is 0.0631. The van der Waals surface area contributed by atoms with Crippen LogP contribution >= 0.6 is 0 Å². The van der Waals surface area contributed by atoms with Gasteiger partial charge in [0, 0.05) is 24.8 Å². The molecule has 0 spiro atoms. The SMILES string of the molecule is CCN(CC)C(=O)Nc1cccc(OCCN2C(=O)c3ccccc3C2=O)c1. The zero-order valence-electron chi connectivity index (χ0n) is 16.0. The van der Waals surface area contributed by atoms with Gasteiger partial charge in [-0.1, -0.05) is 18.2 Å². The van der Waals surface area contributed by atoms with Gasteiger partial charge in [0.15, 0.2) is 0 Å². The van der Waals surface area contributed by atoms with E-state index in [9.17, 15) is 14.4 Å². The van der Waals surface area contributed by atoms with Gasteiger partial charge in [-0.05, 0) is 38.1 Å². The molecule has 3 rings (SSSR count). The molecule has 0 aliphatic carbocycles. The molecule has 0 unspecified atom stereocenters. The lowest BCUT2D eigenvalue weighted by Crippen LogP contribution is -2.34. The first-order valence-electron chi connectivity index (χ1n) is 9.29. The molecule has 4 amide bonds. The van der Waals surface area contributed by atoms with Gasteiger partial charge in [0.1, 0.15) is 12.4 Å². The third kappa shape index (κ3) is 3.98. The van der Waals surface area contributed by atoms with Crippen LogP contribution in [-0.4, -0.2) is 53.9 Å². The van der Waals surface area contributed by atoms with Gasteiger partial charge >= 0.3 is 6.03 Å². The first-order chi connectivity index (χ1) is 13.5. The van der Waals surface area contributed by atoms with Crippen molar-refractivity contribution in [3.05, 3.63) is 59.7 Å². The number of urea groups is 1. The molecule has 2 aromatic carbocycles. The van der Waals surface area contributed by atoms with Crippen LogP contribution in [0.3, 0.4) is 0 Å². The van der Waals surface area contributed by atoms with Gasteiger partial charge in [-0.15, -0.1) is 0 Å². The van der Waals surface area contributed by atoms with Crippen molar-refractivity contribution in [3.8, 4) is 5.75 Å². The second kappa shape index (κ2) is 8.56. The van der Waals surface area contributed by atoms with Crippen molar-refractivity contribution in [3.63, 3.8) is 0 Å². The number of hydrogen-bond donors (Lipinski definition) is 1. The van der Waals surface area contributed by atoms with E-state index in [-0.39, 0.29) is 31.0 Å². The fourth-order valence-corrected chi connectivity index (χ4v) is 3.07. The van der Waals surface area contributed by atoms with Crippen LogP contribution in [0, 0.1) is 0 Å². The van der Waals surface area contributed by atoms with E-state index in [1.54, 1.807) is 53.4 Å². The molecular formula is C21H23N3O4. The van der Waals surface area contributed by atoms with Gasteiger partial charge < -0.3 is 15.0 Å². The molecule has 0 radical (unpaired) electrons. The normalized spacial score (nSPS) is 12.7. The molecule has 0 saturated heterocycles. The van der Waals surface area contributed by atoms with Crippen molar-refractivity contribution in [2.45, 2.75) is 13.8 Å². The topological polar surface area (TPSA) is 79.0 Å². The summed E-state index contributed by atoms with van der Waals surface area (Å²) < 4.78 is 5.69. The number of carbonyl (C=O) groups is 3. The molecule has 0 fully saturated rings. The lowest BCUT2D eigenvalue weighted by Gasteiger charge is -2.19. The van der Waals surface area contributed by atoms with Gasteiger partial charge in [-0.25, -0.2) is 4.79 Å². The van der Waals surface area contributed by atoms with Crippen LogP contribution in [0.2, 0.25) is 0 Å². The highest BCUT2D eigenvalue weighted by molar-refractivity contribution is 6.21. The molecule has 1 N–H and O–H groups in total. The molecule has 1 heterocycles. The van der Waals surface area contributed by atoms with E-state index >= 15 is 0 Å². The van der Waals surface area contributed by atoms with Crippen LogP contribution in [0.25, 0.3) is 0 Å². The zero-order valence-corrected chi connectivity index (χ0v) is 16.0. The summed E-state index contributed by atoms with van der Waals surface area (Å²) in [6.45, 7) is 5.41. The fourth-order valence-electron chi connectivity index (χ4n) is 3.07. The third-order valence-corrected chi connectivity index (χ3v) is 4.60. The molecule has 7 heteroatoms. The van der Waals surface area contributed by atoms with E-state index < -0.39 is 0 Å². The van der Waals surface area contributed by atoms with Crippen molar-refractivity contribution in [2.75, 3.05) is 31.6 Å². The third-order valence-electron chi connectivity index (χ3n) is 4.60. The number of amides is 4. The summed E-state index contributed by atoms with van der Waals surface area (Å²) in [5.74, 6) is -0.0529. The number of ether oxygens (including phenoxy) is 1. The van der Waals surface area contributed by atoms with E-state index in [0.29, 0.717) is 35.7 Å². The number of imide groups is 1. The summed E-state index contributed by atoms with van der Waals surface area (Å²) in [5, 5.41) is 2.83. The average Bonchev–Trinajstić information content (AvgIpc) is 2.94. The number of nitrogens with one attached hydrogen (secondary N) is 1. The summed E-state index contributed by atoms with van der Waals surface area (Å²) in [7, 11) is 0. The van der Waals surface area contributed by atoms with Gasteiger partial charge in [-0.2, -0.15) is 0 Å². The Balaban J connectivity index is 1.57. The minimum atomic E-state index is -0.301. The maximum Gasteiger partial charge on any atom is 0.321 e. The molecule has 0 bridgehead atoms. The maximum absolute atomic E-state index is 12.3. The Morgan fingerprint density at radius 2 is 1.64 bits per heavy atom. The Morgan fingerprint density at radius 3 is 2.25 bits per heavy atom. The fraction of sp³-hybridized carbons (Fsp3) is 0.286. The number of anilines is 1. The summed E-state index contributed by atoms with van der Waals surface area (Å²) >= 11 is 0. The number of carbonyl (C=O) groups excluding carboxylic acids is 3. The minimum Gasteiger partial charge on any atom is -0.492 e. The van der Waals surface area contributed by atoms with Gasteiger partial charge in [-0.3, -0.25) is 14.5 Å². The second-order valence-electron chi connectivity index (χ2n) is 6.29. The molecule has 7 nitrogen and oxygen atoms in total. The lowest BCUT2D eigenvalue weighted by atomic mass is 10.1. The van der Waals surface area contributed by atoms with Gasteiger partial charge in [0.2, 0.25) is 0 Å². The van der Waals surface area contributed by atoms with Crippen LogP contribution in [0.1, 0.15) is 34.6 Å². The highest BCUT2D eigenvalue weighted by atomic mass is 16.5. The van der Waals surface area contributed by atoms with Gasteiger partial charge in [0.25, 0.3) is 11.8 Å². The van der Waals surface area contributed by atoms with E-state index in [2.05, 4.69) is 5.32 Å². The highest BCUT2D eigenvalue weighted by Crippen LogP contribution is 2.22. The molecule has 146 valence electrons. The van der Waals surface area contributed by atoms with Crippen LogP contribution in [0.15, 0.2) is 48.5 Å². The summed E-state index contributed by atoms with van der Waals surface area (Å²) in [4.78, 5) is 39.7. The van der Waals surface area contributed by atoms with Crippen molar-refractivity contribution < 1.29 is 19.1 Å². The van der Waals surface area contributed by atoms with Crippen molar-refractivity contribution in [1.29, 1.82) is 0 Å². The quantitative estimate of drug-likeness (QED) is 0.747. The van der Waals surface area contributed by atoms with Crippen LogP contribution in [-0.2, 0) is 0 Å². The largest absolute Gasteiger partial charge is 0.492 e. The maximum atomic E-state index is 12.3. The Bertz CT molecular complexity index is 858. The van der Waals surface area contributed by atoms with Gasteiger partial charge in [0.05, 0.1) is 17.7 Å². The van der Waals surface area contributed by atoms with Crippen molar-refractivity contribution >= 4 is 23.5 Å². The van der Waals surface area contributed by atoms with E-state index in [1.165, 1.54) is 4.90 Å². The smallest absolute Gasteiger partial charge is 0.321 e. The second-order valence-corrected chi connectivity index (χ2v) is 6.29. The zero-order chi connectivity index (χ0) is 20.1. The summed E-state index contributed by atoms with van der Waals surface area (Å²) in [6, 6.07) is 13.6. The number of fused-ring (bicyclic) bond motifs is 1. The highest BCUT2D eigenvalue weighted by Gasteiger charge is 2.34. The molecule has 2 aromatic rings. The van der Waals surface area contributed by atoms with Crippen LogP contribution in [0.4, 0.5) is 10.5 Å². The standard InChI is InChI=1S/C21H23N3O4/c1-3-23(4-2)21(27)22-15-8-7-9-16(14-15)28-13-12-24-19(25)17-10-5-6-11-18(17)20(24)26/h5-11,14H,3-4,12-13H2,1-2H3,(H,22,27). The van der Waals surface area contributed by atoms with Crippen LogP contribution in [0.5, 0.6) is 5.75 Å². The molecule has 1 aliphatic heterocycles. The van der Waals surface area contributed by atoms with Crippen LogP contribution < -0.4 is 10.1 Å². The summed E-state index contributed by atoms with van der Waals surface area (Å²) in [5.41, 5.74) is 1.47. The Morgan fingerprint density at radius 1 is 1.00 bits per heavy atom. The predicted molar refractivity (Wildman–Crippen MR) is 106 cm³/mol. The van der Waals surface area contributed by atoms with Crippen molar-refractivity contribution in [2.24, 2.45) is 0 Å². The molecule has 0 saturated carbocycles. The number of nitrogens with zero attached hydrogens (tertiary/aromatic N) is 2. The first kappa shape index (κ1) is 19.4. The predicted octanol–water partition coefficient (Wildman–Crippen LogP) is 3.24. The average molecular weight is 381 g/mol. The molecule has 0 atom stereocenters. The Hall–Kier alpha value is -3.35. The van der Waals surface area contributed by atoms with E-state index in [1.807, 2.05) is 13.8 Å². The number of rotatable bonds is 7. The van der Waals surface area contributed by atoms with E-state index in [4.69, 9.17) is 4.74 Å². The monoisotopic (exact) mass is 381 g/mol. The first-order valence-corrected chi connectivity index (χ1v) is 9.29. The molecular weight excluding hydrogens is 358 g/mol. The van der Waals surface area contributed by atoms with E-state index in [0.717, 1.165) is 0 Å². The number of benzene rings is 2. The van der Waals surface area contributed by atoms with Crippen molar-refractivity contribution in [1.82, 2.24) is 9.80 Å².